The van der Waals surface area contributed by atoms with E-state index in [4.69, 9.17) is 11.5 Å². The molecule has 3 radical (unpaired) electrons. The van der Waals surface area contributed by atoms with Crippen molar-refractivity contribution in [3.63, 3.8) is 0 Å². The highest BCUT2D eigenvalue weighted by Gasteiger charge is 2.30. The summed E-state index contributed by atoms with van der Waals surface area (Å²) >= 11 is 0. The van der Waals surface area contributed by atoms with Crippen LogP contribution in [0.15, 0.2) is 0 Å². The maximum atomic E-state index is 6.11. The zero-order valence-electron chi connectivity index (χ0n) is 9.84. The van der Waals surface area contributed by atoms with Crippen molar-refractivity contribution in [1.29, 1.82) is 0 Å². The van der Waals surface area contributed by atoms with Crippen molar-refractivity contribution in [1.82, 2.24) is 5.32 Å². The molecule has 0 rings (SSSR count). The standard InChI is InChI=1S/C10H25N3.B/c1-4-9(12)10(5-2,6-3)13-8-7-11;/h9,13H,4-8,11-12H2,1-3H3;. The lowest BCUT2D eigenvalue weighted by molar-refractivity contribution is 0.243. The van der Waals surface area contributed by atoms with Gasteiger partial charge in [-0.05, 0) is 19.3 Å². The Hall–Kier alpha value is -0.0551. The molecular formula is C10H25BN3. The number of nitrogens with one attached hydrogen (secondary N) is 1. The predicted molar refractivity (Wildman–Crippen MR) is 64.4 cm³/mol. The molecule has 0 saturated heterocycles. The van der Waals surface area contributed by atoms with Crippen LogP contribution in [-0.2, 0) is 0 Å². The van der Waals surface area contributed by atoms with Gasteiger partial charge in [0.1, 0.15) is 0 Å². The van der Waals surface area contributed by atoms with Gasteiger partial charge in [-0.1, -0.05) is 20.8 Å². The van der Waals surface area contributed by atoms with Crippen LogP contribution in [0.25, 0.3) is 0 Å². The molecule has 0 aliphatic carbocycles. The predicted octanol–water partition coefficient (Wildman–Crippen LogP) is 0.450. The van der Waals surface area contributed by atoms with Crippen molar-refractivity contribution in [3.05, 3.63) is 0 Å². The van der Waals surface area contributed by atoms with Gasteiger partial charge in [0, 0.05) is 33.1 Å². The first kappa shape index (κ1) is 16.4. The molecule has 0 spiro atoms. The Kier molecular flexibility index (Phi) is 9.67. The third-order valence-electron chi connectivity index (χ3n) is 3.03. The third kappa shape index (κ3) is 3.99. The fourth-order valence-corrected chi connectivity index (χ4v) is 1.87. The van der Waals surface area contributed by atoms with Crippen LogP contribution in [0.1, 0.15) is 40.0 Å². The van der Waals surface area contributed by atoms with Crippen LogP contribution in [0.4, 0.5) is 0 Å². The molecule has 0 aliphatic rings. The molecule has 83 valence electrons. The number of nitrogens with two attached hydrogens (primary N) is 2. The number of hydrogen-bond acceptors (Lipinski definition) is 3. The maximum absolute atomic E-state index is 6.11. The van der Waals surface area contributed by atoms with Crippen molar-refractivity contribution < 1.29 is 0 Å². The quantitative estimate of drug-likeness (QED) is 0.520. The number of rotatable bonds is 7. The summed E-state index contributed by atoms with van der Waals surface area (Å²) in [6.07, 6.45) is 3.15. The lowest BCUT2D eigenvalue weighted by Crippen LogP contribution is -2.58. The molecule has 0 aliphatic heterocycles. The lowest BCUT2D eigenvalue weighted by Gasteiger charge is -2.38. The minimum atomic E-state index is 0. The van der Waals surface area contributed by atoms with E-state index in [1.807, 2.05) is 0 Å². The van der Waals surface area contributed by atoms with Crippen LogP contribution >= 0.6 is 0 Å². The smallest absolute Gasteiger partial charge is 0.0328 e. The average Bonchev–Trinajstić information content (AvgIpc) is 2.19. The number of hydrogen-bond donors (Lipinski definition) is 3. The van der Waals surface area contributed by atoms with Gasteiger partial charge in [-0.2, -0.15) is 0 Å². The molecule has 0 saturated carbocycles. The van der Waals surface area contributed by atoms with Crippen LogP contribution < -0.4 is 16.8 Å². The highest BCUT2D eigenvalue weighted by atomic mass is 15.0. The van der Waals surface area contributed by atoms with Gasteiger partial charge in [-0.15, -0.1) is 0 Å². The zero-order valence-corrected chi connectivity index (χ0v) is 9.84. The molecule has 3 nitrogen and oxygen atoms in total. The van der Waals surface area contributed by atoms with Gasteiger partial charge in [-0.3, -0.25) is 0 Å². The van der Waals surface area contributed by atoms with Gasteiger partial charge in [-0.25, -0.2) is 0 Å². The maximum Gasteiger partial charge on any atom is 0.0328 e. The Morgan fingerprint density at radius 1 is 1.21 bits per heavy atom. The molecule has 5 N–H and O–H groups in total. The van der Waals surface area contributed by atoms with E-state index in [9.17, 15) is 0 Å². The first-order chi connectivity index (χ1) is 6.16. The molecule has 14 heavy (non-hydrogen) atoms. The first-order valence-corrected chi connectivity index (χ1v) is 5.37. The molecule has 1 unspecified atom stereocenters. The second kappa shape index (κ2) is 8.27. The normalized spacial score (nSPS) is 13.5. The highest BCUT2D eigenvalue weighted by Crippen LogP contribution is 2.20. The second-order valence-electron chi connectivity index (χ2n) is 3.59. The van der Waals surface area contributed by atoms with Crippen molar-refractivity contribution >= 4 is 8.41 Å². The highest BCUT2D eigenvalue weighted by molar-refractivity contribution is 5.75. The first-order valence-electron chi connectivity index (χ1n) is 5.37. The summed E-state index contributed by atoms with van der Waals surface area (Å²) in [5.41, 5.74) is 11.7. The van der Waals surface area contributed by atoms with E-state index >= 15 is 0 Å². The van der Waals surface area contributed by atoms with E-state index in [1.165, 1.54) is 0 Å². The third-order valence-corrected chi connectivity index (χ3v) is 3.03. The molecule has 0 aromatic heterocycles. The summed E-state index contributed by atoms with van der Waals surface area (Å²) in [5.74, 6) is 0. The van der Waals surface area contributed by atoms with Crippen molar-refractivity contribution in [3.8, 4) is 0 Å². The molecule has 0 aromatic rings. The minimum absolute atomic E-state index is 0. The van der Waals surface area contributed by atoms with Gasteiger partial charge in [0.25, 0.3) is 0 Å². The van der Waals surface area contributed by atoms with Crippen molar-refractivity contribution in [2.45, 2.75) is 51.6 Å². The van der Waals surface area contributed by atoms with E-state index in [1.54, 1.807) is 0 Å². The Morgan fingerprint density at radius 2 is 1.71 bits per heavy atom. The van der Waals surface area contributed by atoms with Crippen molar-refractivity contribution in [2.24, 2.45) is 11.5 Å². The van der Waals surface area contributed by atoms with Crippen molar-refractivity contribution in [2.75, 3.05) is 13.1 Å². The topological polar surface area (TPSA) is 64.1 Å². The molecule has 4 heteroatoms. The molecule has 1 atom stereocenters. The van der Waals surface area contributed by atoms with Crippen LogP contribution in [0.3, 0.4) is 0 Å². The fourth-order valence-electron chi connectivity index (χ4n) is 1.87. The molecule has 0 bridgehead atoms. The summed E-state index contributed by atoms with van der Waals surface area (Å²) in [7, 11) is 0. The van der Waals surface area contributed by atoms with Gasteiger partial charge < -0.3 is 16.8 Å². The minimum Gasteiger partial charge on any atom is -0.329 e. The van der Waals surface area contributed by atoms with Crippen LogP contribution in [-0.4, -0.2) is 33.1 Å². The molecular weight excluding hydrogens is 173 g/mol. The summed E-state index contributed by atoms with van der Waals surface area (Å²) < 4.78 is 0. The zero-order chi connectivity index (χ0) is 10.3. The summed E-state index contributed by atoms with van der Waals surface area (Å²) in [5, 5.41) is 3.48. The lowest BCUT2D eigenvalue weighted by atomic mass is 9.83. The molecule has 0 amide bonds. The van der Waals surface area contributed by atoms with Gasteiger partial charge in [0.15, 0.2) is 0 Å². The average molecular weight is 198 g/mol. The second-order valence-corrected chi connectivity index (χ2v) is 3.59. The van der Waals surface area contributed by atoms with Gasteiger partial charge in [0.05, 0.1) is 0 Å². The van der Waals surface area contributed by atoms with Crippen LogP contribution in [0, 0.1) is 0 Å². The largest absolute Gasteiger partial charge is 0.329 e. The van der Waals surface area contributed by atoms with Crippen LogP contribution in [0.2, 0.25) is 0 Å². The van der Waals surface area contributed by atoms with E-state index in [0.717, 1.165) is 25.8 Å². The Balaban J connectivity index is 0. The summed E-state index contributed by atoms with van der Waals surface area (Å²) in [6.45, 7) is 8.04. The Bertz CT molecular complexity index is 127. The van der Waals surface area contributed by atoms with E-state index < -0.39 is 0 Å². The fraction of sp³-hybridized carbons (Fsp3) is 1.00. The SMILES string of the molecule is CCC(N)C(CC)(CC)NCCN.[B]. The Morgan fingerprint density at radius 3 is 2.00 bits per heavy atom. The molecule has 0 fully saturated rings. The van der Waals surface area contributed by atoms with Gasteiger partial charge in [0.2, 0.25) is 0 Å². The molecule has 0 aromatic carbocycles. The van der Waals surface area contributed by atoms with Crippen LogP contribution in [0.5, 0.6) is 0 Å². The summed E-state index contributed by atoms with van der Waals surface area (Å²) in [6, 6.07) is 0.231. The van der Waals surface area contributed by atoms with E-state index in [2.05, 4.69) is 26.1 Å². The van der Waals surface area contributed by atoms with E-state index in [-0.39, 0.29) is 20.0 Å². The monoisotopic (exact) mass is 198 g/mol. The Labute approximate surface area is 90.6 Å². The van der Waals surface area contributed by atoms with Gasteiger partial charge >= 0.3 is 0 Å². The van der Waals surface area contributed by atoms with E-state index in [0.29, 0.717) is 6.54 Å². The summed E-state index contributed by atoms with van der Waals surface area (Å²) in [4.78, 5) is 0. The molecule has 0 heterocycles.